The summed E-state index contributed by atoms with van der Waals surface area (Å²) in [5.41, 5.74) is 1.09. The van der Waals surface area contributed by atoms with Gasteiger partial charge in [-0.3, -0.25) is 9.69 Å². The molecule has 2 heterocycles. The van der Waals surface area contributed by atoms with Gasteiger partial charge in [-0.15, -0.1) is 0 Å². The first kappa shape index (κ1) is 18.9. The number of anilines is 1. The van der Waals surface area contributed by atoms with Gasteiger partial charge < -0.3 is 9.80 Å². The van der Waals surface area contributed by atoms with Crippen LogP contribution >= 0.6 is 0 Å². The molecule has 2 saturated heterocycles. The lowest BCUT2D eigenvalue weighted by atomic mass is 10.0. The number of para-hydroxylation sites is 1. The van der Waals surface area contributed by atoms with Gasteiger partial charge >= 0.3 is 0 Å². The summed E-state index contributed by atoms with van der Waals surface area (Å²) in [4.78, 5) is 19.0. The Morgan fingerprint density at radius 3 is 2.25 bits per heavy atom. The van der Waals surface area contributed by atoms with E-state index in [-0.39, 0.29) is 17.5 Å². The predicted octanol–water partition coefficient (Wildman–Crippen LogP) is 3.39. The SMILES string of the molecule is O=C(c1cccc(F)c1)N1CCC(N2CCN(c3ccccc3F)CC2)CC1. The van der Waals surface area contributed by atoms with E-state index in [1.54, 1.807) is 18.2 Å². The van der Waals surface area contributed by atoms with Crippen LogP contribution in [0.1, 0.15) is 23.2 Å². The number of hydrogen-bond donors (Lipinski definition) is 0. The van der Waals surface area contributed by atoms with Gasteiger partial charge in [-0.1, -0.05) is 18.2 Å². The van der Waals surface area contributed by atoms with Gasteiger partial charge in [0.1, 0.15) is 11.6 Å². The lowest BCUT2D eigenvalue weighted by Gasteiger charge is -2.43. The van der Waals surface area contributed by atoms with E-state index in [9.17, 15) is 13.6 Å². The summed E-state index contributed by atoms with van der Waals surface area (Å²) in [5.74, 6) is -0.643. The highest BCUT2D eigenvalue weighted by Gasteiger charge is 2.30. The lowest BCUT2D eigenvalue weighted by molar-refractivity contribution is 0.0610. The van der Waals surface area contributed by atoms with E-state index in [0.717, 1.165) is 39.0 Å². The molecule has 0 aromatic heterocycles. The molecule has 0 atom stereocenters. The van der Waals surface area contributed by atoms with Crippen molar-refractivity contribution in [3.63, 3.8) is 0 Å². The Kier molecular flexibility index (Phi) is 5.57. The van der Waals surface area contributed by atoms with Crippen molar-refractivity contribution in [3.05, 3.63) is 65.7 Å². The van der Waals surface area contributed by atoms with E-state index >= 15 is 0 Å². The number of rotatable bonds is 3. The topological polar surface area (TPSA) is 26.8 Å². The van der Waals surface area contributed by atoms with E-state index in [0.29, 0.717) is 30.4 Å². The number of carbonyl (C=O) groups excluding carboxylic acids is 1. The Bertz CT molecular complexity index is 828. The summed E-state index contributed by atoms with van der Waals surface area (Å²) >= 11 is 0. The van der Waals surface area contributed by atoms with Crippen LogP contribution in [0.15, 0.2) is 48.5 Å². The molecule has 2 aromatic carbocycles. The van der Waals surface area contributed by atoms with Crippen molar-refractivity contribution in [2.24, 2.45) is 0 Å². The van der Waals surface area contributed by atoms with Crippen LogP contribution in [-0.4, -0.2) is 61.0 Å². The molecule has 0 bridgehead atoms. The van der Waals surface area contributed by atoms with Crippen LogP contribution in [0, 0.1) is 11.6 Å². The molecule has 2 aromatic rings. The Morgan fingerprint density at radius 1 is 0.857 bits per heavy atom. The fourth-order valence-electron chi connectivity index (χ4n) is 4.27. The molecule has 2 aliphatic rings. The average Bonchev–Trinajstić information content (AvgIpc) is 2.74. The third-order valence-electron chi connectivity index (χ3n) is 5.85. The van der Waals surface area contributed by atoms with E-state index in [1.807, 2.05) is 17.0 Å². The van der Waals surface area contributed by atoms with Gasteiger partial charge in [0.05, 0.1) is 5.69 Å². The minimum Gasteiger partial charge on any atom is -0.367 e. The van der Waals surface area contributed by atoms with E-state index < -0.39 is 0 Å². The number of carbonyl (C=O) groups is 1. The summed E-state index contributed by atoms with van der Waals surface area (Å²) in [6.45, 7) is 4.79. The van der Waals surface area contributed by atoms with Crippen molar-refractivity contribution in [1.29, 1.82) is 0 Å². The Hall–Kier alpha value is -2.47. The fourth-order valence-corrected chi connectivity index (χ4v) is 4.27. The second-order valence-corrected chi connectivity index (χ2v) is 7.51. The lowest BCUT2D eigenvalue weighted by Crippen LogP contribution is -2.54. The maximum atomic E-state index is 14.0. The molecule has 6 heteroatoms. The molecule has 0 N–H and O–H groups in total. The normalized spacial score (nSPS) is 19.1. The molecule has 0 unspecified atom stereocenters. The zero-order chi connectivity index (χ0) is 19.5. The first-order chi connectivity index (χ1) is 13.6. The van der Waals surface area contributed by atoms with E-state index in [4.69, 9.17) is 0 Å². The van der Waals surface area contributed by atoms with Gasteiger partial charge in [0.25, 0.3) is 5.91 Å². The number of piperidine rings is 1. The molecule has 148 valence electrons. The maximum Gasteiger partial charge on any atom is 0.253 e. The molecular weight excluding hydrogens is 360 g/mol. The number of hydrogen-bond acceptors (Lipinski definition) is 3. The standard InChI is InChI=1S/C22H25F2N3O/c23-18-5-3-4-17(16-18)22(28)27-10-8-19(9-11-27)25-12-14-26(15-13-25)21-7-2-1-6-20(21)24/h1-7,16,19H,8-15H2. The van der Waals surface area contributed by atoms with Crippen molar-refractivity contribution in [2.75, 3.05) is 44.2 Å². The molecule has 0 spiro atoms. The first-order valence-corrected chi connectivity index (χ1v) is 9.90. The monoisotopic (exact) mass is 385 g/mol. The number of likely N-dealkylation sites (tertiary alicyclic amines) is 1. The van der Waals surface area contributed by atoms with Crippen LogP contribution < -0.4 is 4.90 Å². The predicted molar refractivity (Wildman–Crippen MR) is 106 cm³/mol. The van der Waals surface area contributed by atoms with E-state index in [2.05, 4.69) is 9.80 Å². The van der Waals surface area contributed by atoms with Crippen LogP contribution in [0.2, 0.25) is 0 Å². The molecule has 2 fully saturated rings. The minimum atomic E-state index is -0.381. The van der Waals surface area contributed by atoms with Crippen LogP contribution in [0.4, 0.5) is 14.5 Å². The van der Waals surface area contributed by atoms with Crippen LogP contribution in [0.3, 0.4) is 0 Å². The molecule has 28 heavy (non-hydrogen) atoms. The van der Waals surface area contributed by atoms with E-state index in [1.165, 1.54) is 18.2 Å². The Labute approximate surface area is 164 Å². The molecular formula is C22H25F2N3O. The van der Waals surface area contributed by atoms with Gasteiger partial charge in [0, 0.05) is 50.9 Å². The third kappa shape index (κ3) is 4.02. The molecule has 2 aliphatic heterocycles. The number of benzene rings is 2. The zero-order valence-corrected chi connectivity index (χ0v) is 15.9. The van der Waals surface area contributed by atoms with Crippen LogP contribution in [0.25, 0.3) is 0 Å². The smallest absolute Gasteiger partial charge is 0.253 e. The third-order valence-corrected chi connectivity index (χ3v) is 5.85. The largest absolute Gasteiger partial charge is 0.367 e. The van der Waals surface area contributed by atoms with Crippen molar-refractivity contribution in [1.82, 2.24) is 9.80 Å². The molecule has 4 nitrogen and oxygen atoms in total. The molecule has 0 saturated carbocycles. The van der Waals surface area contributed by atoms with Crippen molar-refractivity contribution in [2.45, 2.75) is 18.9 Å². The van der Waals surface area contributed by atoms with Gasteiger partial charge in [-0.05, 0) is 43.2 Å². The van der Waals surface area contributed by atoms with Gasteiger partial charge in [0.15, 0.2) is 0 Å². The fraction of sp³-hybridized carbons (Fsp3) is 0.409. The summed E-state index contributed by atoms with van der Waals surface area (Å²) in [7, 11) is 0. The number of nitrogens with zero attached hydrogens (tertiary/aromatic N) is 3. The van der Waals surface area contributed by atoms with Crippen LogP contribution in [-0.2, 0) is 0 Å². The molecule has 0 radical (unpaired) electrons. The summed E-state index contributed by atoms with van der Waals surface area (Å²) in [6.07, 6.45) is 1.83. The molecule has 1 amide bonds. The summed E-state index contributed by atoms with van der Waals surface area (Å²) < 4.78 is 27.4. The Balaban J connectivity index is 1.29. The highest BCUT2D eigenvalue weighted by Crippen LogP contribution is 2.24. The zero-order valence-electron chi connectivity index (χ0n) is 15.9. The number of piperazine rings is 1. The second-order valence-electron chi connectivity index (χ2n) is 7.51. The van der Waals surface area contributed by atoms with Crippen molar-refractivity contribution >= 4 is 11.6 Å². The number of halogens is 2. The molecule has 4 rings (SSSR count). The first-order valence-electron chi connectivity index (χ1n) is 9.90. The quantitative estimate of drug-likeness (QED) is 0.810. The minimum absolute atomic E-state index is 0.0951. The number of amides is 1. The highest BCUT2D eigenvalue weighted by atomic mass is 19.1. The van der Waals surface area contributed by atoms with Gasteiger partial charge in [0.2, 0.25) is 0 Å². The van der Waals surface area contributed by atoms with Crippen molar-refractivity contribution in [3.8, 4) is 0 Å². The highest BCUT2D eigenvalue weighted by molar-refractivity contribution is 5.94. The van der Waals surface area contributed by atoms with Gasteiger partial charge in [-0.2, -0.15) is 0 Å². The average molecular weight is 385 g/mol. The second kappa shape index (κ2) is 8.27. The summed E-state index contributed by atoms with van der Waals surface area (Å²) in [6, 6.07) is 13.3. The summed E-state index contributed by atoms with van der Waals surface area (Å²) in [5, 5.41) is 0. The maximum absolute atomic E-state index is 14.0. The van der Waals surface area contributed by atoms with Crippen molar-refractivity contribution < 1.29 is 13.6 Å². The van der Waals surface area contributed by atoms with Gasteiger partial charge in [-0.25, -0.2) is 8.78 Å². The Morgan fingerprint density at radius 2 is 1.57 bits per heavy atom. The molecule has 0 aliphatic carbocycles. The van der Waals surface area contributed by atoms with Crippen LogP contribution in [0.5, 0.6) is 0 Å².